The highest BCUT2D eigenvalue weighted by Crippen LogP contribution is 2.28. The van der Waals surface area contributed by atoms with Crippen molar-refractivity contribution < 1.29 is 14.7 Å². The van der Waals surface area contributed by atoms with Crippen LogP contribution in [0.2, 0.25) is 0 Å². The summed E-state index contributed by atoms with van der Waals surface area (Å²) in [6.07, 6.45) is 0. The first-order valence-electron chi connectivity index (χ1n) is 8.57. The van der Waals surface area contributed by atoms with Gasteiger partial charge in [-0.15, -0.1) is 0 Å². The van der Waals surface area contributed by atoms with Gasteiger partial charge in [0.1, 0.15) is 11.2 Å². The van der Waals surface area contributed by atoms with E-state index in [1.807, 2.05) is 38.1 Å². The van der Waals surface area contributed by atoms with E-state index in [-0.39, 0.29) is 30.9 Å². The van der Waals surface area contributed by atoms with Crippen LogP contribution in [0.5, 0.6) is 0 Å². The number of aliphatic hydroxyl groups excluding tert-OH is 1. The summed E-state index contributed by atoms with van der Waals surface area (Å²) in [5, 5.41) is 15.2. The van der Waals surface area contributed by atoms with Gasteiger partial charge in [0, 0.05) is 11.9 Å². The molecule has 0 saturated carbocycles. The van der Waals surface area contributed by atoms with E-state index in [9.17, 15) is 9.59 Å². The van der Waals surface area contributed by atoms with E-state index in [0.29, 0.717) is 22.6 Å². The van der Waals surface area contributed by atoms with Gasteiger partial charge in [0.25, 0.3) is 11.8 Å². The summed E-state index contributed by atoms with van der Waals surface area (Å²) in [5.74, 6) is -0.292. The number of aromatic nitrogens is 1. The Hall–Kier alpha value is -2.80. The maximum Gasteiger partial charge on any atom is 0.253 e. The van der Waals surface area contributed by atoms with Crippen LogP contribution in [0.3, 0.4) is 0 Å². The van der Waals surface area contributed by atoms with Crippen molar-refractivity contribution in [3.8, 4) is 0 Å². The zero-order chi connectivity index (χ0) is 18.9. The number of rotatable bonds is 5. The summed E-state index contributed by atoms with van der Waals surface area (Å²) < 4.78 is 0. The lowest BCUT2D eigenvalue weighted by atomic mass is 9.89. The van der Waals surface area contributed by atoms with Gasteiger partial charge in [0.05, 0.1) is 17.7 Å². The molecule has 0 spiro atoms. The number of hydrogen-bond donors (Lipinski definition) is 3. The van der Waals surface area contributed by atoms with Crippen molar-refractivity contribution in [3.05, 3.63) is 41.6 Å². The van der Waals surface area contributed by atoms with Gasteiger partial charge in [-0.3, -0.25) is 9.59 Å². The van der Waals surface area contributed by atoms with E-state index in [1.54, 1.807) is 13.0 Å². The first-order chi connectivity index (χ1) is 12.4. The molecule has 1 atom stereocenters. The Labute approximate surface area is 151 Å². The fourth-order valence-electron chi connectivity index (χ4n) is 2.78. The van der Waals surface area contributed by atoms with E-state index < -0.39 is 5.54 Å². The molecule has 0 aliphatic carbocycles. The fraction of sp³-hybridized carbons (Fsp3) is 0.368. The van der Waals surface area contributed by atoms with Crippen molar-refractivity contribution in [1.29, 1.82) is 0 Å². The Balaban J connectivity index is 2.15. The fourth-order valence-corrected chi connectivity index (χ4v) is 2.78. The number of fused-ring (bicyclic) bond motifs is 1. The van der Waals surface area contributed by atoms with Crippen molar-refractivity contribution >= 4 is 28.6 Å². The van der Waals surface area contributed by atoms with Crippen LogP contribution in [0, 0.1) is 5.92 Å². The van der Waals surface area contributed by atoms with Gasteiger partial charge in [0.2, 0.25) is 0 Å². The number of nitrogens with one attached hydrogen (secondary N) is 2. The lowest BCUT2D eigenvalue weighted by Crippen LogP contribution is -2.41. The number of carbonyl (C=O) groups excluding carboxylic acids is 2. The molecule has 136 valence electrons. The number of amides is 2. The van der Waals surface area contributed by atoms with Crippen molar-refractivity contribution in [1.82, 2.24) is 15.6 Å². The predicted octanol–water partition coefficient (Wildman–Crippen LogP) is 1.25. The summed E-state index contributed by atoms with van der Waals surface area (Å²) in [6.45, 7) is 5.59. The molecule has 2 heterocycles. The molecule has 0 saturated heterocycles. The molecular formula is C19H22N4O3. The molecule has 1 aliphatic rings. The standard InChI is InChI=1S/C19H22N4O3/c1-11(2)19(3)18(26)22-16(23-19)15-13(17(25)20-8-9-24)10-12-6-4-5-7-14(12)21-15/h4-7,10-11,24H,8-9H2,1-3H3,(H,20,25)(H,22,23,26). The van der Waals surface area contributed by atoms with E-state index in [0.717, 1.165) is 5.39 Å². The number of aliphatic imine (C=N–C) groups is 1. The first-order valence-corrected chi connectivity index (χ1v) is 8.57. The van der Waals surface area contributed by atoms with Crippen LogP contribution in [-0.4, -0.2) is 46.4 Å². The van der Waals surface area contributed by atoms with Crippen LogP contribution in [0.15, 0.2) is 35.3 Å². The van der Waals surface area contributed by atoms with Crippen molar-refractivity contribution in [2.24, 2.45) is 10.9 Å². The molecule has 26 heavy (non-hydrogen) atoms. The quantitative estimate of drug-likeness (QED) is 0.752. The van der Waals surface area contributed by atoms with Gasteiger partial charge in [-0.05, 0) is 25.0 Å². The molecule has 1 aromatic heterocycles. The second kappa shape index (κ2) is 6.84. The highest BCUT2D eigenvalue weighted by Gasteiger charge is 2.43. The zero-order valence-corrected chi connectivity index (χ0v) is 15.0. The van der Waals surface area contributed by atoms with Crippen LogP contribution in [-0.2, 0) is 4.79 Å². The van der Waals surface area contributed by atoms with Crippen LogP contribution in [0.1, 0.15) is 36.8 Å². The number of para-hydroxylation sites is 1. The number of carbonyl (C=O) groups is 2. The number of benzene rings is 1. The third-order valence-electron chi connectivity index (χ3n) is 4.75. The molecular weight excluding hydrogens is 332 g/mol. The Bertz CT molecular complexity index is 907. The Morgan fingerprint density at radius 3 is 2.73 bits per heavy atom. The molecule has 3 N–H and O–H groups in total. The maximum absolute atomic E-state index is 12.6. The van der Waals surface area contributed by atoms with Gasteiger partial charge in [-0.25, -0.2) is 9.98 Å². The molecule has 7 nitrogen and oxygen atoms in total. The van der Waals surface area contributed by atoms with E-state index in [1.165, 1.54) is 0 Å². The maximum atomic E-state index is 12.6. The summed E-state index contributed by atoms with van der Waals surface area (Å²) in [4.78, 5) is 34.2. The third-order valence-corrected chi connectivity index (χ3v) is 4.75. The largest absolute Gasteiger partial charge is 0.395 e. The zero-order valence-electron chi connectivity index (χ0n) is 15.0. The average molecular weight is 354 g/mol. The smallest absolute Gasteiger partial charge is 0.253 e. The van der Waals surface area contributed by atoms with Crippen molar-refractivity contribution in [2.45, 2.75) is 26.3 Å². The van der Waals surface area contributed by atoms with Crippen LogP contribution >= 0.6 is 0 Å². The highest BCUT2D eigenvalue weighted by molar-refractivity contribution is 6.18. The van der Waals surface area contributed by atoms with E-state index in [4.69, 9.17) is 5.11 Å². The minimum Gasteiger partial charge on any atom is -0.395 e. The summed E-state index contributed by atoms with van der Waals surface area (Å²) in [7, 11) is 0. The molecule has 1 aromatic carbocycles. The van der Waals surface area contributed by atoms with Crippen LogP contribution < -0.4 is 10.6 Å². The molecule has 1 aliphatic heterocycles. The molecule has 3 rings (SSSR count). The normalized spacial score (nSPS) is 19.6. The van der Waals surface area contributed by atoms with Crippen LogP contribution in [0.25, 0.3) is 10.9 Å². The number of hydrogen-bond acceptors (Lipinski definition) is 5. The summed E-state index contributed by atoms with van der Waals surface area (Å²) in [6, 6.07) is 9.15. The van der Waals surface area contributed by atoms with Crippen LogP contribution in [0.4, 0.5) is 0 Å². The lowest BCUT2D eigenvalue weighted by molar-refractivity contribution is -0.124. The first kappa shape index (κ1) is 18.0. The summed E-state index contributed by atoms with van der Waals surface area (Å²) in [5.41, 5.74) is 0.444. The van der Waals surface area contributed by atoms with Gasteiger partial charge < -0.3 is 15.7 Å². The van der Waals surface area contributed by atoms with Crippen molar-refractivity contribution in [2.75, 3.05) is 13.2 Å². The molecule has 0 radical (unpaired) electrons. The Kier molecular flexibility index (Phi) is 4.73. The van der Waals surface area contributed by atoms with E-state index >= 15 is 0 Å². The molecule has 0 bridgehead atoms. The Morgan fingerprint density at radius 1 is 1.35 bits per heavy atom. The second-order valence-electron chi connectivity index (χ2n) is 6.77. The third kappa shape index (κ3) is 3.06. The minimum absolute atomic E-state index is 0.00729. The van der Waals surface area contributed by atoms with Gasteiger partial charge in [-0.2, -0.15) is 0 Å². The summed E-state index contributed by atoms with van der Waals surface area (Å²) >= 11 is 0. The van der Waals surface area contributed by atoms with E-state index in [2.05, 4.69) is 20.6 Å². The minimum atomic E-state index is -0.901. The van der Waals surface area contributed by atoms with Gasteiger partial charge >= 0.3 is 0 Å². The number of nitrogens with zero attached hydrogens (tertiary/aromatic N) is 2. The van der Waals surface area contributed by atoms with Gasteiger partial charge in [-0.1, -0.05) is 32.0 Å². The Morgan fingerprint density at radius 2 is 2.08 bits per heavy atom. The molecule has 2 aromatic rings. The predicted molar refractivity (Wildman–Crippen MR) is 99.1 cm³/mol. The molecule has 1 unspecified atom stereocenters. The number of aliphatic hydroxyl groups is 1. The van der Waals surface area contributed by atoms with Gasteiger partial charge in [0.15, 0.2) is 5.84 Å². The second-order valence-corrected chi connectivity index (χ2v) is 6.77. The molecule has 2 amide bonds. The topological polar surface area (TPSA) is 104 Å². The van der Waals surface area contributed by atoms with Crippen molar-refractivity contribution in [3.63, 3.8) is 0 Å². The average Bonchev–Trinajstić information content (AvgIpc) is 2.94. The molecule has 0 fully saturated rings. The highest BCUT2D eigenvalue weighted by atomic mass is 16.3. The molecule has 7 heteroatoms. The number of amidine groups is 1. The lowest BCUT2D eigenvalue weighted by Gasteiger charge is -2.21. The SMILES string of the molecule is CC(C)C1(C)N=C(c2nc3ccccc3cc2C(=O)NCCO)NC1=O. The monoisotopic (exact) mass is 354 g/mol. The number of pyridine rings is 1.